The molecule has 0 radical (unpaired) electrons. The summed E-state index contributed by atoms with van der Waals surface area (Å²) in [6, 6.07) is 7.45. The van der Waals surface area contributed by atoms with Crippen molar-refractivity contribution in [2.45, 2.75) is 19.3 Å². The van der Waals surface area contributed by atoms with Crippen LogP contribution in [0.2, 0.25) is 0 Å². The highest BCUT2D eigenvalue weighted by atomic mass is 127. The third-order valence-corrected chi connectivity index (χ3v) is 4.00. The van der Waals surface area contributed by atoms with Gasteiger partial charge in [0.2, 0.25) is 5.91 Å². The van der Waals surface area contributed by atoms with Gasteiger partial charge in [0.15, 0.2) is 0 Å². The lowest BCUT2D eigenvalue weighted by atomic mass is 9.95. The van der Waals surface area contributed by atoms with Gasteiger partial charge in [-0.1, -0.05) is 6.42 Å². The van der Waals surface area contributed by atoms with Crippen LogP contribution in [0.25, 0.3) is 0 Å². The molecule has 0 saturated heterocycles. The summed E-state index contributed by atoms with van der Waals surface area (Å²) < 4.78 is 1.09. The van der Waals surface area contributed by atoms with Crippen molar-refractivity contribution in [2.75, 3.05) is 5.32 Å². The van der Waals surface area contributed by atoms with Crippen LogP contribution in [0.1, 0.15) is 19.3 Å². The SMILES string of the molecule is O=C(O)C1CCCC1C(=O)Nc1ccc(I)cc1. The molecule has 1 aliphatic carbocycles. The Morgan fingerprint density at radius 3 is 2.39 bits per heavy atom. The summed E-state index contributed by atoms with van der Waals surface area (Å²) >= 11 is 2.19. The largest absolute Gasteiger partial charge is 0.481 e. The molecule has 4 nitrogen and oxygen atoms in total. The Labute approximate surface area is 119 Å². The second kappa shape index (κ2) is 5.69. The van der Waals surface area contributed by atoms with Crippen LogP contribution in [0.15, 0.2) is 24.3 Å². The number of anilines is 1. The summed E-state index contributed by atoms with van der Waals surface area (Å²) in [4.78, 5) is 23.1. The van der Waals surface area contributed by atoms with Crippen molar-refractivity contribution in [2.24, 2.45) is 11.8 Å². The zero-order chi connectivity index (χ0) is 13.1. The van der Waals surface area contributed by atoms with E-state index < -0.39 is 17.8 Å². The van der Waals surface area contributed by atoms with E-state index in [9.17, 15) is 9.59 Å². The van der Waals surface area contributed by atoms with Crippen molar-refractivity contribution in [3.63, 3.8) is 0 Å². The van der Waals surface area contributed by atoms with Crippen LogP contribution in [0.5, 0.6) is 0 Å². The number of carbonyl (C=O) groups excluding carboxylic acids is 1. The van der Waals surface area contributed by atoms with Gasteiger partial charge in [-0.15, -0.1) is 0 Å². The minimum absolute atomic E-state index is 0.180. The fourth-order valence-electron chi connectivity index (χ4n) is 2.34. The first-order valence-electron chi connectivity index (χ1n) is 5.87. The molecule has 0 heterocycles. The molecular weight excluding hydrogens is 345 g/mol. The van der Waals surface area contributed by atoms with Gasteiger partial charge >= 0.3 is 5.97 Å². The number of carboxylic acid groups (broad SMARTS) is 1. The number of benzene rings is 1. The summed E-state index contributed by atoms with van der Waals surface area (Å²) in [6.07, 6.45) is 2.06. The Morgan fingerprint density at radius 1 is 1.17 bits per heavy atom. The quantitative estimate of drug-likeness (QED) is 0.816. The smallest absolute Gasteiger partial charge is 0.307 e. The molecule has 1 aromatic rings. The van der Waals surface area contributed by atoms with Gasteiger partial charge < -0.3 is 10.4 Å². The van der Waals surface area contributed by atoms with Crippen molar-refractivity contribution in [1.82, 2.24) is 0 Å². The van der Waals surface area contributed by atoms with E-state index in [1.54, 1.807) is 0 Å². The lowest BCUT2D eigenvalue weighted by Gasteiger charge is -2.15. The van der Waals surface area contributed by atoms with E-state index in [1.165, 1.54) is 0 Å². The average molecular weight is 359 g/mol. The average Bonchev–Trinajstić information content (AvgIpc) is 2.81. The van der Waals surface area contributed by atoms with Crippen molar-refractivity contribution in [3.8, 4) is 0 Å². The van der Waals surface area contributed by atoms with Gasteiger partial charge in [-0.2, -0.15) is 0 Å². The first-order chi connectivity index (χ1) is 8.58. The lowest BCUT2D eigenvalue weighted by molar-refractivity contribution is -0.145. The number of rotatable bonds is 3. The van der Waals surface area contributed by atoms with E-state index in [4.69, 9.17) is 5.11 Å². The Morgan fingerprint density at radius 2 is 1.78 bits per heavy atom. The number of aliphatic carboxylic acids is 1. The maximum atomic E-state index is 12.0. The minimum atomic E-state index is -0.865. The minimum Gasteiger partial charge on any atom is -0.481 e. The number of hydrogen-bond acceptors (Lipinski definition) is 2. The molecule has 0 bridgehead atoms. The molecule has 0 aromatic heterocycles. The monoisotopic (exact) mass is 359 g/mol. The molecular formula is C13H14INO3. The second-order valence-electron chi connectivity index (χ2n) is 4.48. The van der Waals surface area contributed by atoms with E-state index in [1.807, 2.05) is 24.3 Å². The van der Waals surface area contributed by atoms with Gasteiger partial charge in [0.05, 0.1) is 11.8 Å². The van der Waals surface area contributed by atoms with Gasteiger partial charge in [-0.3, -0.25) is 9.59 Å². The van der Waals surface area contributed by atoms with E-state index >= 15 is 0 Å². The van der Waals surface area contributed by atoms with Crippen LogP contribution in [0.4, 0.5) is 5.69 Å². The van der Waals surface area contributed by atoms with Crippen LogP contribution >= 0.6 is 22.6 Å². The molecule has 18 heavy (non-hydrogen) atoms. The molecule has 0 spiro atoms. The number of amides is 1. The van der Waals surface area contributed by atoms with Crippen LogP contribution < -0.4 is 5.32 Å². The first-order valence-corrected chi connectivity index (χ1v) is 6.95. The first kappa shape index (κ1) is 13.3. The zero-order valence-corrected chi connectivity index (χ0v) is 11.9. The zero-order valence-electron chi connectivity index (χ0n) is 9.73. The molecule has 5 heteroatoms. The van der Waals surface area contributed by atoms with Gasteiger partial charge in [0.1, 0.15) is 0 Å². The summed E-state index contributed by atoms with van der Waals surface area (Å²) in [6.45, 7) is 0. The van der Waals surface area contributed by atoms with Crippen LogP contribution in [0.3, 0.4) is 0 Å². The predicted molar refractivity (Wildman–Crippen MR) is 76.3 cm³/mol. The maximum Gasteiger partial charge on any atom is 0.307 e. The van der Waals surface area contributed by atoms with Gasteiger partial charge in [-0.25, -0.2) is 0 Å². The number of hydrogen-bond donors (Lipinski definition) is 2. The van der Waals surface area contributed by atoms with Crippen molar-refractivity contribution < 1.29 is 14.7 Å². The summed E-state index contributed by atoms with van der Waals surface area (Å²) in [7, 11) is 0. The van der Waals surface area contributed by atoms with Crippen LogP contribution in [-0.2, 0) is 9.59 Å². The highest BCUT2D eigenvalue weighted by molar-refractivity contribution is 14.1. The van der Waals surface area contributed by atoms with Gasteiger partial charge in [-0.05, 0) is 59.7 Å². The molecule has 96 valence electrons. The maximum absolute atomic E-state index is 12.0. The van der Waals surface area contributed by atoms with E-state index in [0.29, 0.717) is 12.8 Å². The number of carbonyl (C=O) groups is 2. The highest BCUT2D eigenvalue weighted by Gasteiger charge is 2.37. The van der Waals surface area contributed by atoms with Crippen molar-refractivity contribution in [3.05, 3.63) is 27.8 Å². The molecule has 1 fully saturated rings. The molecule has 2 atom stereocenters. The molecule has 1 aliphatic rings. The predicted octanol–water partition coefficient (Wildman–Crippen LogP) is 2.73. The molecule has 1 amide bonds. The van der Waals surface area contributed by atoms with Crippen LogP contribution in [0, 0.1) is 15.4 Å². The van der Waals surface area contributed by atoms with Crippen molar-refractivity contribution in [1.29, 1.82) is 0 Å². The van der Waals surface area contributed by atoms with Crippen LogP contribution in [-0.4, -0.2) is 17.0 Å². The fourth-order valence-corrected chi connectivity index (χ4v) is 2.70. The molecule has 1 saturated carbocycles. The molecule has 2 unspecified atom stereocenters. The van der Waals surface area contributed by atoms with Crippen molar-refractivity contribution >= 4 is 40.2 Å². The Balaban J connectivity index is 2.03. The fraction of sp³-hybridized carbons (Fsp3) is 0.385. The standard InChI is InChI=1S/C13H14INO3/c14-8-4-6-9(7-5-8)15-12(16)10-2-1-3-11(10)13(17)18/h4-7,10-11H,1-3H2,(H,15,16)(H,17,18). The third-order valence-electron chi connectivity index (χ3n) is 3.28. The number of halogens is 1. The highest BCUT2D eigenvalue weighted by Crippen LogP contribution is 2.32. The summed E-state index contributed by atoms with van der Waals surface area (Å²) in [5.41, 5.74) is 0.719. The normalized spacial score (nSPS) is 22.7. The summed E-state index contributed by atoms with van der Waals surface area (Å²) in [5.74, 6) is -1.98. The lowest BCUT2D eigenvalue weighted by Crippen LogP contribution is -2.29. The molecule has 0 aliphatic heterocycles. The van der Waals surface area contributed by atoms with E-state index in [2.05, 4.69) is 27.9 Å². The molecule has 2 N–H and O–H groups in total. The topological polar surface area (TPSA) is 66.4 Å². The van der Waals surface area contributed by atoms with Gasteiger partial charge in [0.25, 0.3) is 0 Å². The van der Waals surface area contributed by atoms with Gasteiger partial charge in [0, 0.05) is 9.26 Å². The third kappa shape index (κ3) is 3.01. The Kier molecular flexibility index (Phi) is 4.21. The van der Waals surface area contributed by atoms with E-state index in [-0.39, 0.29) is 5.91 Å². The Bertz CT molecular complexity index is 458. The Hall–Kier alpha value is -1.11. The number of carboxylic acids is 1. The summed E-state index contributed by atoms with van der Waals surface area (Å²) in [5, 5.41) is 11.8. The molecule has 2 rings (SSSR count). The second-order valence-corrected chi connectivity index (χ2v) is 5.72. The number of nitrogens with one attached hydrogen (secondary N) is 1. The molecule has 1 aromatic carbocycles. The van der Waals surface area contributed by atoms with E-state index in [0.717, 1.165) is 15.7 Å².